The van der Waals surface area contributed by atoms with Crippen molar-refractivity contribution in [3.8, 4) is 21.6 Å². The average molecular weight is 1100 g/mol. The zero-order valence-corrected chi connectivity index (χ0v) is 47.9. The van der Waals surface area contributed by atoms with Crippen LogP contribution in [0.3, 0.4) is 0 Å². The molecular formula is C57H77N9O9S2. The van der Waals surface area contributed by atoms with Gasteiger partial charge in [-0.05, 0) is 94.7 Å². The standard InChI is InChI=1S/C57H77N9O9S2/c1-35(32-65(10)55(73)75-57(7,8)9)74-54(72)62-44-27-41(31-58-36(44)2)40-25-26-43-46(28-40)77-53(61-43)64-48(69)20-18-16-14-12-11-13-15-17-19-47(68)63-50(56(4,5)6)52(71)66-33-42(67)29-45(66)51(70)59-30-38-21-23-39(24-22-38)49-37(3)60-34-76-49/h21-28,31,34-35,42,45,50,67H,11-20,29-30,32-33H2,1-10H3,(H,59,70)(H,62,72)(H,63,68)(H,61,64,69)/t35?,42-,45+,50-/m1/s1. The lowest BCUT2D eigenvalue weighted by Crippen LogP contribution is -2.57. The number of aryl methyl sites for hydroxylation is 2. The summed E-state index contributed by atoms with van der Waals surface area (Å²) in [6, 6.07) is 13.8. The number of hydrogen-bond acceptors (Lipinski definition) is 14. The number of nitrogens with one attached hydrogen (secondary N) is 4. The van der Waals surface area contributed by atoms with E-state index in [0.29, 0.717) is 29.4 Å². The summed E-state index contributed by atoms with van der Waals surface area (Å²) < 4.78 is 11.8. The fourth-order valence-electron chi connectivity index (χ4n) is 8.96. The summed E-state index contributed by atoms with van der Waals surface area (Å²) in [4.78, 5) is 96.1. The van der Waals surface area contributed by atoms with Crippen LogP contribution in [0.25, 0.3) is 31.8 Å². The number of aliphatic hydroxyl groups excluding tert-OH is 1. The van der Waals surface area contributed by atoms with Gasteiger partial charge in [0.15, 0.2) is 5.13 Å². The summed E-state index contributed by atoms with van der Waals surface area (Å²) in [5, 5.41) is 22.8. The van der Waals surface area contributed by atoms with Gasteiger partial charge in [0.25, 0.3) is 0 Å². The first kappa shape index (κ1) is 59.7. The van der Waals surface area contributed by atoms with E-state index in [4.69, 9.17) is 9.47 Å². The molecule has 0 aliphatic carbocycles. The first-order chi connectivity index (χ1) is 36.4. The van der Waals surface area contributed by atoms with Crippen molar-refractivity contribution >= 4 is 79.5 Å². The molecule has 4 atom stereocenters. The van der Waals surface area contributed by atoms with E-state index >= 15 is 0 Å². The molecule has 77 heavy (non-hydrogen) atoms. The third-order valence-electron chi connectivity index (χ3n) is 13.1. The second kappa shape index (κ2) is 27.2. The first-order valence-electron chi connectivity index (χ1n) is 26.6. The predicted octanol–water partition coefficient (Wildman–Crippen LogP) is 10.6. The Labute approximate surface area is 460 Å². The van der Waals surface area contributed by atoms with Crippen LogP contribution in [-0.2, 0) is 35.2 Å². The zero-order chi connectivity index (χ0) is 56.0. The van der Waals surface area contributed by atoms with Gasteiger partial charge in [-0.1, -0.05) is 101 Å². The molecule has 4 heterocycles. The Kier molecular flexibility index (Phi) is 21.1. The number of unbranched alkanes of at least 4 members (excludes halogenated alkanes) is 7. The maximum atomic E-state index is 14.0. The minimum atomic E-state index is -0.872. The van der Waals surface area contributed by atoms with Gasteiger partial charge in [-0.3, -0.25) is 29.5 Å². The van der Waals surface area contributed by atoms with Crippen LogP contribution in [0.15, 0.2) is 60.2 Å². The van der Waals surface area contributed by atoms with Crippen LogP contribution >= 0.6 is 22.7 Å². The number of anilines is 2. The molecule has 1 aliphatic heterocycles. The van der Waals surface area contributed by atoms with E-state index < -0.39 is 47.5 Å². The molecular weight excluding hydrogens is 1020 g/mol. The Morgan fingerprint density at radius 2 is 1.47 bits per heavy atom. The van der Waals surface area contributed by atoms with E-state index in [-0.39, 0.29) is 56.1 Å². The van der Waals surface area contributed by atoms with Crippen LogP contribution in [0.1, 0.15) is 136 Å². The number of rotatable bonds is 23. The van der Waals surface area contributed by atoms with Gasteiger partial charge < -0.3 is 40.3 Å². The maximum absolute atomic E-state index is 14.0. The van der Waals surface area contributed by atoms with E-state index in [1.54, 1.807) is 59.2 Å². The van der Waals surface area contributed by atoms with Crippen molar-refractivity contribution in [1.29, 1.82) is 0 Å². The van der Waals surface area contributed by atoms with Gasteiger partial charge in [0.1, 0.15) is 23.8 Å². The summed E-state index contributed by atoms with van der Waals surface area (Å²) in [5.41, 5.74) is 6.92. The van der Waals surface area contributed by atoms with E-state index in [9.17, 15) is 33.9 Å². The monoisotopic (exact) mass is 1100 g/mol. The number of thiazole rings is 2. The Morgan fingerprint density at radius 3 is 2.10 bits per heavy atom. The lowest BCUT2D eigenvalue weighted by molar-refractivity contribution is -0.144. The van der Waals surface area contributed by atoms with E-state index in [1.165, 1.54) is 21.1 Å². The van der Waals surface area contributed by atoms with Crippen LogP contribution in [0.2, 0.25) is 0 Å². The molecule has 0 spiro atoms. The van der Waals surface area contributed by atoms with Crippen molar-refractivity contribution in [2.75, 3.05) is 30.8 Å². The van der Waals surface area contributed by atoms with Gasteiger partial charge in [0.05, 0.1) is 50.3 Å². The Balaban J connectivity index is 0.853. The lowest BCUT2D eigenvalue weighted by Gasteiger charge is -2.35. The fraction of sp³-hybridized carbons (Fsp3) is 0.526. The van der Waals surface area contributed by atoms with E-state index in [0.717, 1.165) is 88.0 Å². The largest absolute Gasteiger partial charge is 0.444 e. The van der Waals surface area contributed by atoms with Gasteiger partial charge in [-0.25, -0.2) is 19.6 Å². The molecule has 0 saturated carbocycles. The number of hydrogen-bond donors (Lipinski definition) is 5. The second-order valence-corrected chi connectivity index (χ2v) is 24.0. The number of carbonyl (C=O) groups is 6. The van der Waals surface area contributed by atoms with Gasteiger partial charge in [0, 0.05) is 51.2 Å². The summed E-state index contributed by atoms with van der Waals surface area (Å²) in [6.07, 6.45) is 7.11. The summed E-state index contributed by atoms with van der Waals surface area (Å²) in [6.45, 7) is 16.9. The number of fused-ring (bicyclic) bond motifs is 1. The molecule has 5 N–H and O–H groups in total. The number of likely N-dealkylation sites (tertiary alicyclic amines) is 1. The van der Waals surface area contributed by atoms with Crippen molar-refractivity contribution in [3.63, 3.8) is 0 Å². The third-order valence-corrected chi connectivity index (χ3v) is 15.0. The molecule has 5 aromatic rings. The van der Waals surface area contributed by atoms with Crippen LogP contribution in [-0.4, -0.2) is 116 Å². The average Bonchev–Trinajstić information content (AvgIpc) is 4.11. The van der Waals surface area contributed by atoms with Gasteiger partial charge >= 0.3 is 12.2 Å². The molecule has 0 radical (unpaired) electrons. The number of amides is 6. The van der Waals surface area contributed by atoms with Crippen molar-refractivity contribution in [2.45, 2.75) is 169 Å². The van der Waals surface area contributed by atoms with Crippen molar-refractivity contribution < 1.29 is 43.3 Å². The molecule has 6 rings (SSSR count). The topological polar surface area (TPSA) is 234 Å². The van der Waals surface area contributed by atoms with Gasteiger partial charge in [-0.2, -0.15) is 0 Å². The smallest absolute Gasteiger partial charge is 0.412 e. The summed E-state index contributed by atoms with van der Waals surface area (Å²) in [7, 11) is 1.58. The highest BCUT2D eigenvalue weighted by Gasteiger charge is 2.44. The first-order valence-corrected chi connectivity index (χ1v) is 28.3. The molecule has 6 amide bonds. The quantitative estimate of drug-likeness (QED) is 0.0384. The molecule has 1 unspecified atom stereocenters. The second-order valence-electron chi connectivity index (χ2n) is 22.1. The highest BCUT2D eigenvalue weighted by molar-refractivity contribution is 7.22. The van der Waals surface area contributed by atoms with Crippen molar-refractivity contribution in [1.82, 2.24) is 35.4 Å². The number of likely N-dealkylation sites (N-methyl/N-ethyl adjacent to an activating group) is 1. The van der Waals surface area contributed by atoms with Crippen molar-refractivity contribution in [3.05, 3.63) is 77.2 Å². The highest BCUT2D eigenvalue weighted by atomic mass is 32.1. The molecule has 18 nitrogen and oxygen atoms in total. The molecule has 1 fully saturated rings. The Morgan fingerprint density at radius 1 is 0.818 bits per heavy atom. The Bertz CT molecular complexity index is 2840. The minimum absolute atomic E-state index is 0.0173. The van der Waals surface area contributed by atoms with Crippen LogP contribution in [0.5, 0.6) is 0 Å². The summed E-state index contributed by atoms with van der Waals surface area (Å²) >= 11 is 2.96. The highest BCUT2D eigenvalue weighted by Crippen LogP contribution is 2.33. The number of carbonyl (C=O) groups excluding carboxylic acids is 6. The molecule has 20 heteroatoms. The number of aromatic nitrogens is 3. The lowest BCUT2D eigenvalue weighted by atomic mass is 9.85. The zero-order valence-electron chi connectivity index (χ0n) is 46.2. The SMILES string of the molecule is Cc1ncc(-c2ccc3nc(NC(=O)CCCCCCCCCCC(=O)N[C@H](C(=O)N4C[C@H](O)C[C@H]4C(=O)NCc4ccc(-c5scnc5C)cc4)C(C)(C)C)sc3c2)cc1NC(=O)OC(C)CN(C)C(=O)OC(C)(C)C. The fourth-order valence-corrected chi connectivity index (χ4v) is 10.7. The number of ether oxygens (including phenoxy) is 2. The molecule has 416 valence electrons. The van der Waals surface area contributed by atoms with Crippen LogP contribution in [0.4, 0.5) is 20.4 Å². The number of pyridine rings is 1. The third kappa shape index (κ3) is 18.0. The molecule has 1 aliphatic rings. The maximum Gasteiger partial charge on any atom is 0.412 e. The van der Waals surface area contributed by atoms with Gasteiger partial charge in [0.2, 0.25) is 23.6 Å². The predicted molar refractivity (Wildman–Crippen MR) is 302 cm³/mol. The number of benzene rings is 2. The Hall–Kier alpha value is -6.51. The molecule has 2 aromatic carbocycles. The van der Waals surface area contributed by atoms with Crippen LogP contribution in [0, 0.1) is 19.3 Å². The molecule has 0 bridgehead atoms. The minimum Gasteiger partial charge on any atom is -0.444 e. The van der Waals surface area contributed by atoms with Crippen LogP contribution < -0.4 is 21.3 Å². The molecule has 3 aromatic heterocycles. The van der Waals surface area contributed by atoms with E-state index in [1.807, 2.05) is 81.7 Å². The van der Waals surface area contributed by atoms with Crippen molar-refractivity contribution in [2.24, 2.45) is 5.41 Å². The number of aliphatic hydroxyl groups is 1. The number of β-amino-alcohol motifs (C(OH)–C–C–N with tert-alkyl or cyclic N) is 1. The molecule has 1 saturated heterocycles. The summed E-state index contributed by atoms with van der Waals surface area (Å²) in [5.74, 6) is -1.03. The van der Waals surface area contributed by atoms with Gasteiger partial charge in [-0.15, -0.1) is 11.3 Å². The number of nitrogens with zero attached hydrogens (tertiary/aromatic N) is 5. The normalized spacial score (nSPS) is 15.4. The van der Waals surface area contributed by atoms with E-state index in [2.05, 4.69) is 36.2 Å².